The number of nitrogens with one attached hydrogen (secondary N) is 2. The van der Waals surface area contributed by atoms with E-state index in [2.05, 4.69) is 15.7 Å². The molecule has 0 bridgehead atoms. The van der Waals surface area contributed by atoms with Gasteiger partial charge in [-0.1, -0.05) is 39.0 Å². The molecule has 2 heterocycles. The zero-order valence-corrected chi connectivity index (χ0v) is 21.9. The van der Waals surface area contributed by atoms with Crippen molar-refractivity contribution in [2.45, 2.75) is 45.8 Å². The van der Waals surface area contributed by atoms with Gasteiger partial charge in [-0.05, 0) is 54.4 Å². The molecule has 2 aromatic carbocycles. The van der Waals surface area contributed by atoms with E-state index in [-0.39, 0.29) is 24.3 Å². The first kappa shape index (κ1) is 27.6. The normalized spacial score (nSPS) is 11.9. The standard InChI is InChI=1S/C28H28F3N5O3/c1-5-39-24(37)16-36-25-22(15-32-36)21(14-23(35-25)27(2,3)4)17-9-11-19(12-10-17)33-26(38)34-20-8-6-7-18(13-20)28(29,30)31/h6-15H,5,16H2,1-4H3,(H2,33,34,38). The number of benzene rings is 2. The number of hydrogen-bond donors (Lipinski definition) is 2. The SMILES string of the molecule is CCOC(=O)Cn1ncc2c(-c3ccc(NC(=O)Nc4cccc(C(F)(F)F)c4)cc3)cc(C(C)(C)C)nc21. The summed E-state index contributed by atoms with van der Waals surface area (Å²) >= 11 is 0. The van der Waals surface area contributed by atoms with Crippen LogP contribution in [0.3, 0.4) is 0 Å². The average molecular weight is 540 g/mol. The van der Waals surface area contributed by atoms with Gasteiger partial charge >= 0.3 is 18.2 Å². The third-order valence-corrected chi connectivity index (χ3v) is 5.86. The van der Waals surface area contributed by atoms with Crippen LogP contribution in [0.2, 0.25) is 0 Å². The summed E-state index contributed by atoms with van der Waals surface area (Å²) in [7, 11) is 0. The number of alkyl halides is 3. The molecule has 0 aliphatic carbocycles. The number of carbonyl (C=O) groups is 2. The van der Waals surface area contributed by atoms with Crippen LogP contribution >= 0.6 is 0 Å². The third-order valence-electron chi connectivity index (χ3n) is 5.86. The van der Waals surface area contributed by atoms with E-state index < -0.39 is 23.7 Å². The number of hydrogen-bond acceptors (Lipinski definition) is 5. The highest BCUT2D eigenvalue weighted by molar-refractivity contribution is 6.00. The van der Waals surface area contributed by atoms with Gasteiger partial charge < -0.3 is 15.4 Å². The van der Waals surface area contributed by atoms with Crippen molar-refractivity contribution in [1.29, 1.82) is 0 Å². The predicted molar refractivity (Wildman–Crippen MR) is 142 cm³/mol. The van der Waals surface area contributed by atoms with E-state index in [0.717, 1.165) is 34.3 Å². The fourth-order valence-electron chi connectivity index (χ4n) is 3.92. The number of rotatable bonds is 6. The summed E-state index contributed by atoms with van der Waals surface area (Å²) in [6.45, 7) is 8.04. The van der Waals surface area contributed by atoms with E-state index in [1.165, 1.54) is 16.8 Å². The van der Waals surface area contributed by atoms with Gasteiger partial charge in [0.05, 0.1) is 18.4 Å². The number of ether oxygens (including phenoxy) is 1. The lowest BCUT2D eigenvalue weighted by Crippen LogP contribution is -2.19. The van der Waals surface area contributed by atoms with Crippen LogP contribution in [-0.4, -0.2) is 33.4 Å². The van der Waals surface area contributed by atoms with Gasteiger partial charge in [0.1, 0.15) is 6.54 Å². The fraction of sp³-hybridized carbons (Fsp3) is 0.286. The molecule has 0 saturated heterocycles. The topological polar surface area (TPSA) is 98.1 Å². The summed E-state index contributed by atoms with van der Waals surface area (Å²) in [5.41, 5.74) is 2.35. The second-order valence-electron chi connectivity index (χ2n) is 9.88. The van der Waals surface area contributed by atoms with Gasteiger partial charge in [0, 0.05) is 27.9 Å². The van der Waals surface area contributed by atoms with Crippen molar-refractivity contribution in [3.05, 3.63) is 72.1 Å². The number of pyridine rings is 1. The maximum absolute atomic E-state index is 12.9. The lowest BCUT2D eigenvalue weighted by molar-refractivity contribution is -0.144. The number of anilines is 2. The van der Waals surface area contributed by atoms with Crippen molar-refractivity contribution in [3.8, 4) is 11.1 Å². The largest absolute Gasteiger partial charge is 0.465 e. The van der Waals surface area contributed by atoms with Gasteiger partial charge in [-0.3, -0.25) is 4.79 Å². The van der Waals surface area contributed by atoms with Gasteiger partial charge in [0.25, 0.3) is 0 Å². The molecule has 0 fully saturated rings. The lowest BCUT2D eigenvalue weighted by atomic mass is 9.89. The molecule has 0 spiro atoms. The quantitative estimate of drug-likeness (QED) is 0.268. The van der Waals surface area contributed by atoms with E-state index in [1.54, 1.807) is 25.3 Å². The Morgan fingerprint density at radius 2 is 1.67 bits per heavy atom. The summed E-state index contributed by atoms with van der Waals surface area (Å²) in [4.78, 5) is 29.3. The van der Waals surface area contributed by atoms with E-state index >= 15 is 0 Å². The Bertz CT molecular complexity index is 1510. The first-order valence-corrected chi connectivity index (χ1v) is 12.2. The number of esters is 1. The molecule has 2 aromatic heterocycles. The van der Waals surface area contributed by atoms with Crippen molar-refractivity contribution < 1.29 is 27.5 Å². The summed E-state index contributed by atoms with van der Waals surface area (Å²) < 4.78 is 45.4. The summed E-state index contributed by atoms with van der Waals surface area (Å²) in [6.07, 6.45) is -2.86. The van der Waals surface area contributed by atoms with Crippen LogP contribution in [0.5, 0.6) is 0 Å². The number of halogens is 3. The predicted octanol–water partition coefficient (Wildman–Crippen LogP) is 6.62. The van der Waals surface area contributed by atoms with Gasteiger partial charge in [0.2, 0.25) is 0 Å². The summed E-state index contributed by atoms with van der Waals surface area (Å²) in [5, 5.41) is 10.2. The second-order valence-corrected chi connectivity index (χ2v) is 9.88. The van der Waals surface area contributed by atoms with E-state index in [1.807, 2.05) is 39.0 Å². The Kier molecular flexibility index (Phi) is 7.62. The molecule has 0 aliphatic heterocycles. The summed E-state index contributed by atoms with van der Waals surface area (Å²) in [6, 6.07) is 12.7. The van der Waals surface area contributed by atoms with Gasteiger partial charge in [0.15, 0.2) is 5.65 Å². The molecule has 4 aromatic rings. The van der Waals surface area contributed by atoms with Crippen LogP contribution in [0.1, 0.15) is 39.0 Å². The number of carbonyl (C=O) groups excluding carboxylic acids is 2. The first-order valence-electron chi connectivity index (χ1n) is 12.2. The molecule has 0 atom stereocenters. The minimum absolute atomic E-state index is 0.0210. The van der Waals surface area contributed by atoms with Crippen LogP contribution in [0, 0.1) is 0 Å². The Labute approximate surface area is 223 Å². The monoisotopic (exact) mass is 539 g/mol. The first-order chi connectivity index (χ1) is 18.3. The van der Waals surface area contributed by atoms with Crippen molar-refractivity contribution in [2.75, 3.05) is 17.2 Å². The smallest absolute Gasteiger partial charge is 0.416 e. The van der Waals surface area contributed by atoms with Crippen molar-refractivity contribution in [2.24, 2.45) is 0 Å². The van der Waals surface area contributed by atoms with E-state index in [0.29, 0.717) is 11.3 Å². The Morgan fingerprint density at radius 1 is 0.974 bits per heavy atom. The molecule has 2 N–H and O–H groups in total. The van der Waals surface area contributed by atoms with Crippen LogP contribution in [0.25, 0.3) is 22.2 Å². The van der Waals surface area contributed by atoms with Crippen molar-refractivity contribution in [1.82, 2.24) is 14.8 Å². The molecule has 2 amide bonds. The van der Waals surface area contributed by atoms with Crippen LogP contribution in [-0.2, 0) is 27.7 Å². The van der Waals surface area contributed by atoms with Gasteiger partial charge in [-0.2, -0.15) is 18.3 Å². The molecule has 0 unspecified atom stereocenters. The van der Waals surface area contributed by atoms with Crippen molar-refractivity contribution in [3.63, 3.8) is 0 Å². The fourth-order valence-corrected chi connectivity index (χ4v) is 3.92. The molecule has 0 radical (unpaired) electrons. The summed E-state index contributed by atoms with van der Waals surface area (Å²) in [5.74, 6) is -0.411. The number of urea groups is 1. The zero-order chi connectivity index (χ0) is 28.4. The minimum atomic E-state index is -4.51. The molecular weight excluding hydrogens is 511 g/mol. The van der Waals surface area contributed by atoms with Crippen LogP contribution < -0.4 is 10.6 Å². The molecule has 0 aliphatic rings. The molecule has 0 saturated carbocycles. The van der Waals surface area contributed by atoms with E-state index in [4.69, 9.17) is 9.72 Å². The van der Waals surface area contributed by atoms with Gasteiger partial charge in [-0.15, -0.1) is 0 Å². The highest BCUT2D eigenvalue weighted by Crippen LogP contribution is 2.34. The number of amides is 2. The molecule has 4 rings (SSSR count). The number of fused-ring (bicyclic) bond motifs is 1. The van der Waals surface area contributed by atoms with Crippen LogP contribution in [0.4, 0.5) is 29.3 Å². The molecule has 39 heavy (non-hydrogen) atoms. The lowest BCUT2D eigenvalue weighted by Gasteiger charge is -2.19. The van der Waals surface area contributed by atoms with Crippen molar-refractivity contribution >= 4 is 34.4 Å². The minimum Gasteiger partial charge on any atom is -0.465 e. The Morgan fingerprint density at radius 3 is 2.31 bits per heavy atom. The Balaban J connectivity index is 1.58. The zero-order valence-electron chi connectivity index (χ0n) is 21.9. The second kappa shape index (κ2) is 10.8. The van der Waals surface area contributed by atoms with Gasteiger partial charge in [-0.25, -0.2) is 14.5 Å². The highest BCUT2D eigenvalue weighted by Gasteiger charge is 2.30. The Hall–Kier alpha value is -4.41. The molecule has 8 nitrogen and oxygen atoms in total. The number of nitrogens with zero attached hydrogens (tertiary/aromatic N) is 3. The highest BCUT2D eigenvalue weighted by atomic mass is 19.4. The third kappa shape index (κ3) is 6.54. The maximum atomic E-state index is 12.9. The average Bonchev–Trinajstić information content (AvgIpc) is 3.26. The van der Waals surface area contributed by atoms with Crippen LogP contribution in [0.15, 0.2) is 60.8 Å². The maximum Gasteiger partial charge on any atom is 0.416 e. The number of aromatic nitrogens is 3. The molecule has 204 valence electrons. The molecule has 11 heteroatoms. The molecular formula is C28H28F3N5O3. The van der Waals surface area contributed by atoms with E-state index in [9.17, 15) is 22.8 Å².